The Morgan fingerprint density at radius 2 is 2.07 bits per heavy atom. The van der Waals surface area contributed by atoms with Gasteiger partial charge in [0.2, 0.25) is 5.91 Å². The van der Waals surface area contributed by atoms with Crippen LogP contribution in [-0.2, 0) is 22.7 Å². The molecule has 5 nitrogen and oxygen atoms in total. The number of hydrogen-bond acceptors (Lipinski definition) is 3. The second-order valence-electron chi connectivity index (χ2n) is 6.03. The number of hydrogen-bond donors (Lipinski definition) is 1. The largest absolute Gasteiger partial charge is 0.375 e. The summed E-state index contributed by atoms with van der Waals surface area (Å²) in [4.78, 5) is 12.0. The minimum absolute atomic E-state index is 0.291. The summed E-state index contributed by atoms with van der Waals surface area (Å²) in [5.74, 6) is -0.637. The number of nitrogens with zero attached hydrogens (tertiary/aromatic N) is 2. The van der Waals surface area contributed by atoms with Gasteiger partial charge in [-0.25, -0.2) is 4.39 Å². The van der Waals surface area contributed by atoms with Gasteiger partial charge < -0.3 is 10.1 Å². The summed E-state index contributed by atoms with van der Waals surface area (Å²) >= 11 is 3.12. The average molecular weight is 444 g/mol. The Morgan fingerprint density at radius 1 is 1.25 bits per heavy atom. The molecule has 1 heterocycles. The van der Waals surface area contributed by atoms with Gasteiger partial charge in [0.1, 0.15) is 5.82 Å². The molecule has 0 saturated heterocycles. The van der Waals surface area contributed by atoms with E-state index in [1.54, 1.807) is 35.3 Å². The Labute approximate surface area is 171 Å². The quantitative estimate of drug-likeness (QED) is 0.407. The summed E-state index contributed by atoms with van der Waals surface area (Å²) < 4.78 is 20.9. The Balaban J connectivity index is 1.43. The molecule has 0 aliphatic heterocycles. The maximum atomic E-state index is 13.2. The summed E-state index contributed by atoms with van der Waals surface area (Å²) in [6.07, 6.45) is 6.32. The Kier molecular flexibility index (Phi) is 7.11. The highest BCUT2D eigenvalue weighted by Gasteiger charge is 2.03. The van der Waals surface area contributed by atoms with Crippen LogP contribution < -0.4 is 5.32 Å². The number of amides is 1. The van der Waals surface area contributed by atoms with Crippen LogP contribution >= 0.6 is 15.9 Å². The van der Waals surface area contributed by atoms with E-state index in [1.165, 1.54) is 12.1 Å². The SMILES string of the molecule is O=C(C=Cc1ccc(F)c(Br)c1)Nc1cnn(CCOCc2ccccc2)c1. The number of carbonyl (C=O) groups excluding carboxylic acids is 1. The topological polar surface area (TPSA) is 56.2 Å². The van der Waals surface area contributed by atoms with Gasteiger partial charge in [-0.05, 0) is 45.3 Å². The van der Waals surface area contributed by atoms with E-state index in [0.29, 0.717) is 29.9 Å². The van der Waals surface area contributed by atoms with Gasteiger partial charge in [-0.1, -0.05) is 36.4 Å². The maximum absolute atomic E-state index is 13.2. The van der Waals surface area contributed by atoms with Crippen LogP contribution in [0.1, 0.15) is 11.1 Å². The van der Waals surface area contributed by atoms with E-state index < -0.39 is 0 Å². The van der Waals surface area contributed by atoms with Gasteiger partial charge in [-0.2, -0.15) is 5.10 Å². The lowest BCUT2D eigenvalue weighted by Crippen LogP contribution is -2.08. The van der Waals surface area contributed by atoms with Gasteiger partial charge in [0.15, 0.2) is 0 Å². The highest BCUT2D eigenvalue weighted by atomic mass is 79.9. The summed E-state index contributed by atoms with van der Waals surface area (Å²) in [6.45, 7) is 1.65. The van der Waals surface area contributed by atoms with Gasteiger partial charge >= 0.3 is 0 Å². The molecule has 2 aromatic carbocycles. The van der Waals surface area contributed by atoms with Gasteiger partial charge in [0, 0.05) is 12.3 Å². The van der Waals surface area contributed by atoms with E-state index in [9.17, 15) is 9.18 Å². The van der Waals surface area contributed by atoms with Crippen molar-refractivity contribution >= 4 is 33.6 Å². The third-order valence-corrected chi connectivity index (χ3v) is 4.46. The number of halogens is 2. The zero-order valence-corrected chi connectivity index (χ0v) is 16.6. The molecule has 7 heteroatoms. The monoisotopic (exact) mass is 443 g/mol. The first-order chi connectivity index (χ1) is 13.6. The molecule has 0 aliphatic carbocycles. The summed E-state index contributed by atoms with van der Waals surface area (Å²) in [5, 5.41) is 6.94. The Hall–Kier alpha value is -2.77. The highest BCUT2D eigenvalue weighted by Crippen LogP contribution is 2.17. The van der Waals surface area contributed by atoms with Crippen molar-refractivity contribution in [3.63, 3.8) is 0 Å². The molecule has 0 spiro atoms. The van der Waals surface area contributed by atoms with Gasteiger partial charge in [0.05, 0.1) is 36.1 Å². The first-order valence-corrected chi connectivity index (χ1v) is 9.48. The normalized spacial score (nSPS) is 11.1. The van der Waals surface area contributed by atoms with Crippen LogP contribution in [0.3, 0.4) is 0 Å². The molecule has 1 aromatic heterocycles. The third kappa shape index (κ3) is 6.14. The summed E-state index contributed by atoms with van der Waals surface area (Å²) in [7, 11) is 0. The molecule has 144 valence electrons. The van der Waals surface area contributed by atoms with E-state index in [0.717, 1.165) is 11.1 Å². The van der Waals surface area contributed by atoms with Crippen molar-refractivity contribution in [2.75, 3.05) is 11.9 Å². The molecule has 1 N–H and O–H groups in total. The number of ether oxygens (including phenoxy) is 1. The molecular weight excluding hydrogens is 425 g/mol. The lowest BCUT2D eigenvalue weighted by atomic mass is 10.2. The summed E-state index contributed by atoms with van der Waals surface area (Å²) in [5.41, 5.74) is 2.43. The lowest BCUT2D eigenvalue weighted by molar-refractivity contribution is -0.111. The van der Waals surface area contributed by atoms with Crippen molar-refractivity contribution in [2.45, 2.75) is 13.2 Å². The molecule has 1 amide bonds. The van der Waals surface area contributed by atoms with Crippen LogP contribution in [0, 0.1) is 5.82 Å². The highest BCUT2D eigenvalue weighted by molar-refractivity contribution is 9.10. The first kappa shape index (κ1) is 20.0. The number of rotatable bonds is 8. The molecule has 0 atom stereocenters. The molecular formula is C21H19BrFN3O2. The van der Waals surface area contributed by atoms with Crippen LogP contribution in [0.5, 0.6) is 0 Å². The molecule has 0 radical (unpaired) electrons. The van der Waals surface area contributed by atoms with Gasteiger partial charge in [-0.3, -0.25) is 9.48 Å². The Morgan fingerprint density at radius 3 is 2.86 bits per heavy atom. The molecule has 3 aromatic rings. The number of aromatic nitrogens is 2. The van der Waals surface area contributed by atoms with Crippen LogP contribution in [0.15, 0.2) is 71.5 Å². The molecule has 28 heavy (non-hydrogen) atoms. The minimum atomic E-state index is -0.346. The van der Waals surface area contributed by atoms with Crippen molar-refractivity contribution < 1.29 is 13.9 Å². The van der Waals surface area contributed by atoms with E-state index in [4.69, 9.17) is 4.74 Å². The first-order valence-electron chi connectivity index (χ1n) is 8.68. The van der Waals surface area contributed by atoms with Crippen LogP contribution in [0.4, 0.5) is 10.1 Å². The van der Waals surface area contributed by atoms with E-state index in [-0.39, 0.29) is 11.7 Å². The smallest absolute Gasteiger partial charge is 0.248 e. The van der Waals surface area contributed by atoms with Crippen LogP contribution in [-0.4, -0.2) is 22.3 Å². The van der Waals surface area contributed by atoms with E-state index in [2.05, 4.69) is 26.3 Å². The van der Waals surface area contributed by atoms with Crippen molar-refractivity contribution in [3.8, 4) is 0 Å². The van der Waals surface area contributed by atoms with Crippen molar-refractivity contribution in [3.05, 3.63) is 88.4 Å². The molecule has 0 fully saturated rings. The van der Waals surface area contributed by atoms with E-state index in [1.807, 2.05) is 30.3 Å². The second-order valence-corrected chi connectivity index (χ2v) is 6.88. The minimum Gasteiger partial charge on any atom is -0.375 e. The molecule has 0 bridgehead atoms. The number of carbonyl (C=O) groups is 1. The van der Waals surface area contributed by atoms with Gasteiger partial charge in [0.25, 0.3) is 0 Å². The molecule has 0 saturated carbocycles. The Bertz CT molecular complexity index is 957. The van der Waals surface area contributed by atoms with Crippen molar-refractivity contribution in [1.82, 2.24) is 9.78 Å². The van der Waals surface area contributed by atoms with Crippen LogP contribution in [0.25, 0.3) is 6.08 Å². The zero-order chi connectivity index (χ0) is 19.8. The molecule has 0 unspecified atom stereocenters. The molecule has 3 rings (SSSR count). The lowest BCUT2D eigenvalue weighted by Gasteiger charge is -2.04. The van der Waals surface area contributed by atoms with Crippen molar-refractivity contribution in [1.29, 1.82) is 0 Å². The number of nitrogens with one attached hydrogen (secondary N) is 1. The number of benzene rings is 2. The van der Waals surface area contributed by atoms with Crippen LogP contribution in [0.2, 0.25) is 0 Å². The maximum Gasteiger partial charge on any atom is 0.248 e. The average Bonchev–Trinajstić information content (AvgIpc) is 3.14. The fourth-order valence-corrected chi connectivity index (χ4v) is 2.84. The second kappa shape index (κ2) is 9.96. The number of anilines is 1. The van der Waals surface area contributed by atoms with Crippen molar-refractivity contribution in [2.24, 2.45) is 0 Å². The predicted molar refractivity (Wildman–Crippen MR) is 110 cm³/mol. The summed E-state index contributed by atoms with van der Waals surface area (Å²) in [6, 6.07) is 14.5. The fourth-order valence-electron chi connectivity index (χ4n) is 2.44. The fraction of sp³-hybridized carbons (Fsp3) is 0.143. The third-order valence-electron chi connectivity index (χ3n) is 3.85. The zero-order valence-electron chi connectivity index (χ0n) is 15.0. The molecule has 0 aliphatic rings. The standard InChI is InChI=1S/C21H19BrFN3O2/c22-19-12-16(6-8-20(19)23)7-9-21(27)25-18-13-24-26(14-18)10-11-28-15-17-4-2-1-3-5-17/h1-9,12-14H,10-11,15H2,(H,25,27). The predicted octanol–water partition coefficient (Wildman–Crippen LogP) is 4.65. The van der Waals surface area contributed by atoms with E-state index >= 15 is 0 Å². The van der Waals surface area contributed by atoms with Gasteiger partial charge in [-0.15, -0.1) is 0 Å².